The molecule has 0 radical (unpaired) electrons. The second-order valence-corrected chi connectivity index (χ2v) is 10.2. The second kappa shape index (κ2) is 11.6. The summed E-state index contributed by atoms with van der Waals surface area (Å²) in [7, 11) is 1.67. The van der Waals surface area contributed by atoms with E-state index in [0.29, 0.717) is 24.5 Å². The van der Waals surface area contributed by atoms with E-state index in [-0.39, 0.29) is 11.7 Å². The lowest BCUT2D eigenvalue weighted by Crippen LogP contribution is -2.49. The van der Waals surface area contributed by atoms with Crippen molar-refractivity contribution in [2.45, 2.75) is 38.5 Å². The lowest BCUT2D eigenvalue weighted by Gasteiger charge is -2.39. The Morgan fingerprint density at radius 2 is 1.88 bits per heavy atom. The molecule has 4 heterocycles. The maximum atomic E-state index is 13.6. The van der Waals surface area contributed by atoms with Gasteiger partial charge in [0.1, 0.15) is 17.5 Å². The van der Waals surface area contributed by atoms with Crippen LogP contribution in [-0.4, -0.2) is 82.7 Å². The van der Waals surface area contributed by atoms with E-state index in [1.807, 2.05) is 48.0 Å². The molecule has 0 unspecified atom stereocenters. The molecule has 2 aliphatic heterocycles. The average Bonchev–Trinajstić information content (AvgIpc) is 3.67. The van der Waals surface area contributed by atoms with E-state index in [4.69, 9.17) is 14.2 Å². The van der Waals surface area contributed by atoms with Gasteiger partial charge in [0, 0.05) is 54.9 Å². The number of tetrazole rings is 1. The molecule has 0 amide bonds. The summed E-state index contributed by atoms with van der Waals surface area (Å²) in [6.45, 7) is 6.92. The summed E-state index contributed by atoms with van der Waals surface area (Å²) < 4.78 is 18.7. The normalized spacial score (nSPS) is 18.8. The maximum Gasteiger partial charge on any atom is 0.253 e. The quantitative estimate of drug-likeness (QED) is 0.339. The predicted molar refractivity (Wildman–Crippen MR) is 151 cm³/mol. The number of nitrogens with zero attached hydrogens (tertiary/aromatic N) is 6. The molecule has 2 saturated heterocycles. The van der Waals surface area contributed by atoms with E-state index in [0.717, 1.165) is 73.7 Å². The van der Waals surface area contributed by atoms with E-state index in [1.165, 1.54) is 0 Å². The lowest BCUT2D eigenvalue weighted by molar-refractivity contribution is 0.0906. The van der Waals surface area contributed by atoms with Gasteiger partial charge in [-0.25, -0.2) is 4.68 Å². The third-order valence-electron chi connectivity index (χ3n) is 7.77. The fraction of sp³-hybridized carbons (Fsp3) is 0.448. The molecule has 2 aromatic carbocycles. The monoisotopic (exact) mass is 545 g/mol. The van der Waals surface area contributed by atoms with Gasteiger partial charge in [0.05, 0.1) is 26.4 Å². The number of aromatic amines is 1. The number of piperazine rings is 1. The van der Waals surface area contributed by atoms with Crippen LogP contribution >= 0.6 is 0 Å². The zero-order chi connectivity index (χ0) is 27.5. The molecule has 11 heteroatoms. The van der Waals surface area contributed by atoms with Crippen molar-refractivity contribution >= 4 is 16.6 Å². The fourth-order valence-corrected chi connectivity index (χ4v) is 5.71. The number of H-pyrrole nitrogens is 1. The van der Waals surface area contributed by atoms with Crippen LogP contribution in [-0.2, 0) is 11.3 Å². The molecule has 11 nitrogen and oxygen atoms in total. The second-order valence-electron chi connectivity index (χ2n) is 10.2. The van der Waals surface area contributed by atoms with Gasteiger partial charge in [0.2, 0.25) is 0 Å². The number of nitrogens with one attached hydrogen (secondary N) is 1. The van der Waals surface area contributed by atoms with Crippen molar-refractivity contribution in [3.63, 3.8) is 0 Å². The third kappa shape index (κ3) is 5.39. The van der Waals surface area contributed by atoms with Gasteiger partial charge < -0.3 is 24.1 Å². The molecule has 0 bridgehead atoms. The number of rotatable bonds is 9. The number of hydrogen-bond donors (Lipinski definition) is 1. The molecule has 2 fully saturated rings. The van der Waals surface area contributed by atoms with Crippen LogP contribution in [0.2, 0.25) is 0 Å². The molecule has 1 N–H and O–H groups in total. The van der Waals surface area contributed by atoms with Crippen LogP contribution < -0.4 is 19.9 Å². The summed E-state index contributed by atoms with van der Waals surface area (Å²) >= 11 is 0. The molecule has 2 aromatic heterocycles. The minimum atomic E-state index is -0.418. The van der Waals surface area contributed by atoms with E-state index in [9.17, 15) is 4.79 Å². The smallest absolute Gasteiger partial charge is 0.253 e. The molecule has 0 aliphatic carbocycles. The highest BCUT2D eigenvalue weighted by Gasteiger charge is 2.33. The van der Waals surface area contributed by atoms with E-state index in [1.54, 1.807) is 7.11 Å². The van der Waals surface area contributed by atoms with Crippen molar-refractivity contribution in [1.82, 2.24) is 30.1 Å². The Balaban J connectivity index is 1.34. The molecule has 0 saturated carbocycles. The highest BCUT2D eigenvalue weighted by atomic mass is 16.5. The highest BCUT2D eigenvalue weighted by molar-refractivity contribution is 5.80. The molecule has 2 atom stereocenters. The van der Waals surface area contributed by atoms with Gasteiger partial charge in [-0.2, -0.15) is 0 Å². The Bertz CT molecular complexity index is 1490. The van der Waals surface area contributed by atoms with Crippen molar-refractivity contribution < 1.29 is 14.2 Å². The largest absolute Gasteiger partial charge is 0.497 e. The van der Waals surface area contributed by atoms with Gasteiger partial charge in [0.15, 0.2) is 5.82 Å². The van der Waals surface area contributed by atoms with E-state index in [2.05, 4.69) is 42.4 Å². The summed E-state index contributed by atoms with van der Waals surface area (Å²) in [6.07, 6.45) is 2.07. The van der Waals surface area contributed by atoms with Crippen LogP contribution in [0.5, 0.6) is 11.5 Å². The van der Waals surface area contributed by atoms with Gasteiger partial charge in [-0.3, -0.25) is 9.69 Å². The van der Waals surface area contributed by atoms with Crippen LogP contribution in [0.1, 0.15) is 37.2 Å². The minimum Gasteiger partial charge on any atom is -0.497 e. The van der Waals surface area contributed by atoms with Gasteiger partial charge >= 0.3 is 0 Å². The predicted octanol–water partition coefficient (Wildman–Crippen LogP) is 3.01. The molecule has 0 spiro atoms. The first kappa shape index (κ1) is 26.3. The average molecular weight is 546 g/mol. The van der Waals surface area contributed by atoms with Gasteiger partial charge in [0.25, 0.3) is 5.56 Å². The summed E-state index contributed by atoms with van der Waals surface area (Å²) in [5.74, 6) is 2.25. The summed E-state index contributed by atoms with van der Waals surface area (Å²) in [5.41, 5.74) is 2.37. The topological polar surface area (TPSA) is 111 Å². The number of pyridine rings is 1. The van der Waals surface area contributed by atoms with Crippen LogP contribution in [0, 0.1) is 0 Å². The number of fused-ring (bicyclic) bond motifs is 1. The van der Waals surface area contributed by atoms with E-state index >= 15 is 0 Å². The number of hydrogen-bond acceptors (Lipinski definition) is 9. The summed E-state index contributed by atoms with van der Waals surface area (Å²) in [5, 5.41) is 13.7. The Morgan fingerprint density at radius 1 is 1.07 bits per heavy atom. The van der Waals surface area contributed by atoms with Crippen LogP contribution in [0.25, 0.3) is 10.9 Å². The first-order valence-corrected chi connectivity index (χ1v) is 13.9. The summed E-state index contributed by atoms with van der Waals surface area (Å²) in [4.78, 5) is 21.3. The number of ether oxygens (including phenoxy) is 3. The van der Waals surface area contributed by atoms with Crippen LogP contribution in [0.3, 0.4) is 0 Å². The maximum absolute atomic E-state index is 13.6. The Morgan fingerprint density at radius 3 is 2.60 bits per heavy atom. The molecule has 4 aromatic rings. The number of aromatic nitrogens is 5. The van der Waals surface area contributed by atoms with Gasteiger partial charge in [-0.1, -0.05) is 0 Å². The molecule has 210 valence electrons. The van der Waals surface area contributed by atoms with Crippen molar-refractivity contribution in [2.75, 3.05) is 51.4 Å². The molecular formula is C29H35N7O4. The van der Waals surface area contributed by atoms with Crippen LogP contribution in [0.4, 0.5) is 5.69 Å². The van der Waals surface area contributed by atoms with Crippen molar-refractivity contribution in [1.29, 1.82) is 0 Å². The molecule has 40 heavy (non-hydrogen) atoms. The van der Waals surface area contributed by atoms with E-state index < -0.39 is 6.04 Å². The first-order chi connectivity index (χ1) is 19.6. The Hall–Kier alpha value is -3.96. The summed E-state index contributed by atoms with van der Waals surface area (Å²) in [6, 6.07) is 15.4. The zero-order valence-electron chi connectivity index (χ0n) is 23.0. The fourth-order valence-electron chi connectivity index (χ4n) is 5.71. The molecular weight excluding hydrogens is 510 g/mol. The third-order valence-corrected chi connectivity index (χ3v) is 7.77. The Labute approximate surface area is 232 Å². The standard InChI is InChI=1S/C29H35N7O4/c1-3-39-23-10-11-26-20(17-23)18-25(29(37)30-26)27(28-31-32-33-36(28)19-24-5-4-16-40-24)35-14-12-34(13-15-35)21-6-8-22(38-2)9-7-21/h6-11,17-18,24,27H,3-5,12-16,19H2,1-2H3,(H,30,37)/t24-,27-/m1/s1. The highest BCUT2D eigenvalue weighted by Crippen LogP contribution is 2.30. The van der Waals surface area contributed by atoms with Crippen molar-refractivity contribution in [3.8, 4) is 11.5 Å². The first-order valence-electron chi connectivity index (χ1n) is 13.9. The lowest BCUT2D eigenvalue weighted by atomic mass is 10.0. The zero-order valence-corrected chi connectivity index (χ0v) is 23.0. The number of anilines is 1. The Kier molecular flexibility index (Phi) is 7.65. The minimum absolute atomic E-state index is 0.0680. The molecule has 6 rings (SSSR count). The number of benzene rings is 2. The van der Waals surface area contributed by atoms with Gasteiger partial charge in [-0.15, -0.1) is 5.10 Å². The van der Waals surface area contributed by atoms with Crippen molar-refractivity contribution in [3.05, 3.63) is 70.3 Å². The number of methoxy groups -OCH3 is 1. The SMILES string of the molecule is CCOc1ccc2[nH]c(=O)c([C@H](c3nnnn3C[C@H]3CCCO3)N3CCN(c4ccc(OC)cc4)CC3)cc2c1. The molecule has 2 aliphatic rings. The van der Waals surface area contributed by atoms with Gasteiger partial charge in [-0.05, 0) is 78.7 Å². The van der Waals surface area contributed by atoms with Crippen LogP contribution in [0.15, 0.2) is 53.3 Å². The van der Waals surface area contributed by atoms with Crippen molar-refractivity contribution in [2.24, 2.45) is 0 Å².